The maximum atomic E-state index is 12.1. The van der Waals surface area contributed by atoms with Crippen molar-refractivity contribution in [3.63, 3.8) is 0 Å². The molecular formula is C23H28N2O4. The van der Waals surface area contributed by atoms with Crippen LogP contribution in [-0.4, -0.2) is 32.6 Å². The molecule has 6 nitrogen and oxygen atoms in total. The molecule has 0 aliphatic rings. The van der Waals surface area contributed by atoms with Gasteiger partial charge in [-0.25, -0.2) is 0 Å². The molecule has 0 saturated heterocycles. The molecule has 29 heavy (non-hydrogen) atoms. The van der Waals surface area contributed by atoms with Gasteiger partial charge in [0.2, 0.25) is 5.91 Å². The normalized spacial score (nSPS) is 10.6. The lowest BCUT2D eigenvalue weighted by molar-refractivity contribution is -0.116. The topological polar surface area (TPSA) is 76.7 Å². The van der Waals surface area contributed by atoms with Gasteiger partial charge in [-0.3, -0.25) is 9.59 Å². The van der Waals surface area contributed by atoms with Crippen LogP contribution in [0.25, 0.3) is 6.08 Å². The first-order valence-corrected chi connectivity index (χ1v) is 9.65. The number of carbonyl (C=O) groups is 2. The summed E-state index contributed by atoms with van der Waals surface area (Å²) in [4.78, 5) is 23.6. The quantitative estimate of drug-likeness (QED) is 0.476. The number of rotatable bonds is 10. The fourth-order valence-corrected chi connectivity index (χ4v) is 2.57. The minimum absolute atomic E-state index is 0.138. The Kier molecular flexibility index (Phi) is 8.76. The average Bonchev–Trinajstić information content (AvgIpc) is 2.76. The summed E-state index contributed by atoms with van der Waals surface area (Å²) in [7, 11) is 3.18. The molecule has 2 amide bonds. The average molecular weight is 396 g/mol. The van der Waals surface area contributed by atoms with Crippen molar-refractivity contribution in [2.75, 3.05) is 20.8 Å². The van der Waals surface area contributed by atoms with E-state index in [-0.39, 0.29) is 11.8 Å². The van der Waals surface area contributed by atoms with Crippen molar-refractivity contribution in [1.29, 1.82) is 0 Å². The summed E-state index contributed by atoms with van der Waals surface area (Å²) in [6.45, 7) is 3.14. The molecule has 0 aliphatic carbocycles. The molecule has 0 unspecified atom stereocenters. The molecule has 154 valence electrons. The lowest BCUT2D eigenvalue weighted by Crippen LogP contribution is -2.20. The number of hydrogen-bond donors (Lipinski definition) is 2. The Bertz CT molecular complexity index is 844. The van der Waals surface area contributed by atoms with Crippen LogP contribution in [0.2, 0.25) is 0 Å². The predicted molar refractivity (Wildman–Crippen MR) is 114 cm³/mol. The van der Waals surface area contributed by atoms with Crippen LogP contribution in [0.1, 0.15) is 41.3 Å². The number of carbonyl (C=O) groups excluding carboxylic acids is 2. The molecule has 6 heteroatoms. The predicted octanol–water partition coefficient (Wildman–Crippen LogP) is 3.56. The van der Waals surface area contributed by atoms with Gasteiger partial charge in [-0.1, -0.05) is 31.5 Å². The number of hydrogen-bond acceptors (Lipinski definition) is 4. The molecule has 0 aromatic heterocycles. The third-order valence-corrected chi connectivity index (χ3v) is 4.28. The fourth-order valence-electron chi connectivity index (χ4n) is 2.57. The summed E-state index contributed by atoms with van der Waals surface area (Å²) in [6.07, 6.45) is 5.25. The van der Waals surface area contributed by atoms with Crippen LogP contribution >= 0.6 is 0 Å². The van der Waals surface area contributed by atoms with Gasteiger partial charge in [-0.15, -0.1) is 0 Å². The Balaban J connectivity index is 1.90. The van der Waals surface area contributed by atoms with Gasteiger partial charge in [-0.2, -0.15) is 0 Å². The van der Waals surface area contributed by atoms with Gasteiger partial charge in [0.15, 0.2) is 11.5 Å². The van der Waals surface area contributed by atoms with Gasteiger partial charge >= 0.3 is 0 Å². The second-order valence-electron chi connectivity index (χ2n) is 6.44. The number of amides is 2. The zero-order valence-electron chi connectivity index (χ0n) is 17.2. The monoisotopic (exact) mass is 396 g/mol. The summed E-state index contributed by atoms with van der Waals surface area (Å²) < 4.78 is 11.1. The van der Waals surface area contributed by atoms with Crippen molar-refractivity contribution >= 4 is 17.9 Å². The maximum absolute atomic E-state index is 12.1. The third-order valence-electron chi connectivity index (χ3n) is 4.28. The largest absolute Gasteiger partial charge is 0.493 e. The van der Waals surface area contributed by atoms with Crippen LogP contribution in [0.4, 0.5) is 0 Å². The maximum Gasteiger partial charge on any atom is 0.251 e. The first-order chi connectivity index (χ1) is 14.1. The molecule has 0 heterocycles. The first kappa shape index (κ1) is 22.0. The minimum Gasteiger partial charge on any atom is -0.493 e. The van der Waals surface area contributed by atoms with E-state index in [2.05, 4.69) is 17.6 Å². The van der Waals surface area contributed by atoms with E-state index in [1.54, 1.807) is 32.4 Å². The van der Waals surface area contributed by atoms with E-state index in [0.717, 1.165) is 24.0 Å². The smallest absolute Gasteiger partial charge is 0.251 e. The van der Waals surface area contributed by atoms with Crippen LogP contribution < -0.4 is 20.1 Å². The summed E-state index contributed by atoms with van der Waals surface area (Å²) in [5, 5.41) is 5.40. The van der Waals surface area contributed by atoms with Crippen LogP contribution in [0, 0.1) is 0 Å². The molecule has 0 atom stereocenters. The van der Waals surface area contributed by atoms with E-state index in [1.807, 2.05) is 30.3 Å². The molecular weight excluding hydrogens is 368 g/mol. The molecule has 0 radical (unpaired) electrons. The fraction of sp³-hybridized carbons (Fsp3) is 0.304. The van der Waals surface area contributed by atoms with Gasteiger partial charge in [0.05, 0.1) is 13.7 Å². The molecule has 0 saturated carbocycles. The molecule has 2 rings (SSSR count). The van der Waals surface area contributed by atoms with Crippen molar-refractivity contribution in [3.8, 4) is 11.5 Å². The van der Waals surface area contributed by atoms with Crippen LogP contribution in [-0.2, 0) is 11.3 Å². The Morgan fingerprint density at radius 2 is 1.83 bits per heavy atom. The Hall–Kier alpha value is -3.28. The lowest BCUT2D eigenvalue weighted by Gasteiger charge is -2.11. The molecule has 2 aromatic rings. The zero-order valence-corrected chi connectivity index (χ0v) is 17.2. The standard InChI is InChI=1S/C23H28N2O4/c1-4-5-14-29-20-12-8-17(15-21(20)28-3)9-13-22(26)25-16-18-6-10-19(11-7-18)23(27)24-2/h6-13,15H,4-5,14,16H2,1-3H3,(H,24,27)(H,25,26)/b13-9+. The zero-order chi connectivity index (χ0) is 21.1. The SMILES string of the molecule is CCCCOc1ccc(/C=C/C(=O)NCc2ccc(C(=O)NC)cc2)cc1OC. The van der Waals surface area contributed by atoms with Crippen molar-refractivity contribution in [2.24, 2.45) is 0 Å². The highest BCUT2D eigenvalue weighted by Gasteiger charge is 2.06. The third kappa shape index (κ3) is 6.99. The summed E-state index contributed by atoms with van der Waals surface area (Å²) in [6, 6.07) is 12.7. The Morgan fingerprint density at radius 3 is 2.48 bits per heavy atom. The van der Waals surface area contributed by atoms with E-state index in [4.69, 9.17) is 9.47 Å². The number of benzene rings is 2. The highest BCUT2D eigenvalue weighted by atomic mass is 16.5. The number of ether oxygens (including phenoxy) is 2. The molecule has 2 N–H and O–H groups in total. The van der Waals surface area contributed by atoms with E-state index in [9.17, 15) is 9.59 Å². The van der Waals surface area contributed by atoms with E-state index in [0.29, 0.717) is 30.2 Å². The Labute approximate surface area is 171 Å². The highest BCUT2D eigenvalue weighted by molar-refractivity contribution is 5.94. The number of nitrogens with one attached hydrogen (secondary N) is 2. The minimum atomic E-state index is -0.206. The second-order valence-corrected chi connectivity index (χ2v) is 6.44. The van der Waals surface area contributed by atoms with Crippen molar-refractivity contribution < 1.29 is 19.1 Å². The molecule has 0 bridgehead atoms. The van der Waals surface area contributed by atoms with Crippen molar-refractivity contribution in [2.45, 2.75) is 26.3 Å². The summed E-state index contributed by atoms with van der Waals surface area (Å²) >= 11 is 0. The second kappa shape index (κ2) is 11.5. The van der Waals surface area contributed by atoms with Crippen molar-refractivity contribution in [1.82, 2.24) is 10.6 Å². The van der Waals surface area contributed by atoms with Crippen LogP contribution in [0.15, 0.2) is 48.5 Å². The van der Waals surface area contributed by atoms with Crippen molar-refractivity contribution in [3.05, 3.63) is 65.2 Å². The van der Waals surface area contributed by atoms with Gasteiger partial charge in [0.1, 0.15) is 0 Å². The van der Waals surface area contributed by atoms with E-state index >= 15 is 0 Å². The number of unbranched alkanes of at least 4 members (excludes halogenated alkanes) is 1. The first-order valence-electron chi connectivity index (χ1n) is 9.65. The van der Waals surface area contributed by atoms with Gasteiger partial charge in [0, 0.05) is 25.2 Å². The van der Waals surface area contributed by atoms with Gasteiger partial charge in [0.25, 0.3) is 5.91 Å². The lowest BCUT2D eigenvalue weighted by atomic mass is 10.1. The van der Waals surface area contributed by atoms with Gasteiger partial charge in [-0.05, 0) is 47.9 Å². The van der Waals surface area contributed by atoms with Crippen LogP contribution in [0.3, 0.4) is 0 Å². The van der Waals surface area contributed by atoms with E-state index in [1.165, 1.54) is 6.08 Å². The molecule has 0 fully saturated rings. The molecule has 2 aromatic carbocycles. The molecule has 0 spiro atoms. The summed E-state index contributed by atoms with van der Waals surface area (Å²) in [5.74, 6) is 0.992. The number of methoxy groups -OCH3 is 1. The summed E-state index contributed by atoms with van der Waals surface area (Å²) in [5.41, 5.74) is 2.34. The Morgan fingerprint density at radius 1 is 1.07 bits per heavy atom. The van der Waals surface area contributed by atoms with Crippen LogP contribution in [0.5, 0.6) is 11.5 Å². The highest BCUT2D eigenvalue weighted by Crippen LogP contribution is 2.28. The van der Waals surface area contributed by atoms with E-state index < -0.39 is 0 Å². The van der Waals surface area contributed by atoms with Gasteiger partial charge < -0.3 is 20.1 Å². The molecule has 0 aliphatic heterocycles.